The standard InChI is InChI=1S/C11H7Cl2F3N4O/c12-5-1-6(13)3-7(2-5)21-9-4-8(11(14,15)16)18-10(19-9)20-17/h1-4H,17H2,(H,18,19,20). The van der Waals surface area contributed by atoms with Crippen LogP contribution in [-0.2, 0) is 6.18 Å². The van der Waals surface area contributed by atoms with Crippen LogP contribution in [-0.4, -0.2) is 9.97 Å². The van der Waals surface area contributed by atoms with Crippen LogP contribution < -0.4 is 16.0 Å². The van der Waals surface area contributed by atoms with Gasteiger partial charge in [0.05, 0.1) is 0 Å². The van der Waals surface area contributed by atoms with E-state index in [-0.39, 0.29) is 21.7 Å². The second-order valence-electron chi connectivity index (χ2n) is 3.76. The van der Waals surface area contributed by atoms with E-state index >= 15 is 0 Å². The van der Waals surface area contributed by atoms with Crippen molar-refractivity contribution < 1.29 is 17.9 Å². The van der Waals surface area contributed by atoms with Crippen LogP contribution in [0.1, 0.15) is 5.69 Å². The zero-order valence-electron chi connectivity index (χ0n) is 10.1. The average molecular weight is 339 g/mol. The number of hydrazine groups is 1. The minimum atomic E-state index is -4.67. The molecule has 2 aromatic rings. The van der Waals surface area contributed by atoms with Crippen molar-refractivity contribution in [2.45, 2.75) is 6.18 Å². The third-order valence-electron chi connectivity index (χ3n) is 2.18. The highest BCUT2D eigenvalue weighted by Crippen LogP contribution is 2.32. The number of halogens is 5. The van der Waals surface area contributed by atoms with Crippen molar-refractivity contribution in [2.75, 3.05) is 5.43 Å². The summed E-state index contributed by atoms with van der Waals surface area (Å²) < 4.78 is 43.3. The molecule has 0 amide bonds. The Labute approximate surface area is 126 Å². The molecule has 112 valence electrons. The van der Waals surface area contributed by atoms with Crippen LogP contribution in [0.3, 0.4) is 0 Å². The monoisotopic (exact) mass is 338 g/mol. The molecule has 0 saturated heterocycles. The normalized spacial score (nSPS) is 11.3. The molecule has 1 aromatic carbocycles. The molecule has 3 N–H and O–H groups in total. The summed E-state index contributed by atoms with van der Waals surface area (Å²) in [5.74, 6) is 4.36. The van der Waals surface area contributed by atoms with Gasteiger partial charge in [-0.2, -0.15) is 18.2 Å². The van der Waals surface area contributed by atoms with E-state index < -0.39 is 17.8 Å². The molecule has 0 aliphatic heterocycles. The van der Waals surface area contributed by atoms with Gasteiger partial charge in [0.1, 0.15) is 5.75 Å². The number of hydrogen-bond donors (Lipinski definition) is 2. The fourth-order valence-electron chi connectivity index (χ4n) is 1.40. The maximum atomic E-state index is 12.7. The Morgan fingerprint density at radius 3 is 2.19 bits per heavy atom. The van der Waals surface area contributed by atoms with Gasteiger partial charge in [-0.25, -0.2) is 10.8 Å². The largest absolute Gasteiger partial charge is 0.439 e. The molecular weight excluding hydrogens is 332 g/mol. The molecule has 10 heteroatoms. The molecule has 21 heavy (non-hydrogen) atoms. The lowest BCUT2D eigenvalue weighted by atomic mass is 10.3. The number of alkyl halides is 3. The second-order valence-corrected chi connectivity index (χ2v) is 4.64. The summed E-state index contributed by atoms with van der Waals surface area (Å²) in [4.78, 5) is 6.86. The Morgan fingerprint density at radius 2 is 1.67 bits per heavy atom. The van der Waals surface area contributed by atoms with Crippen LogP contribution in [0.5, 0.6) is 11.6 Å². The van der Waals surface area contributed by atoms with E-state index in [1.54, 1.807) is 0 Å². The van der Waals surface area contributed by atoms with Gasteiger partial charge in [0, 0.05) is 16.1 Å². The Bertz CT molecular complexity index is 646. The molecule has 0 saturated carbocycles. The van der Waals surface area contributed by atoms with E-state index in [0.717, 1.165) is 0 Å². The number of nitrogens with two attached hydrogens (primary N) is 1. The highest BCUT2D eigenvalue weighted by Gasteiger charge is 2.34. The number of aromatic nitrogens is 2. The smallest absolute Gasteiger partial charge is 0.433 e. The summed E-state index contributed by atoms with van der Waals surface area (Å²) in [6, 6.07) is 4.83. The number of hydrogen-bond acceptors (Lipinski definition) is 5. The van der Waals surface area contributed by atoms with Gasteiger partial charge in [-0.3, -0.25) is 5.43 Å². The SMILES string of the molecule is NNc1nc(Oc2cc(Cl)cc(Cl)c2)cc(C(F)(F)F)n1. The Balaban J connectivity index is 2.39. The first-order valence-electron chi connectivity index (χ1n) is 5.35. The zero-order chi connectivity index (χ0) is 15.6. The zero-order valence-corrected chi connectivity index (χ0v) is 11.6. The van der Waals surface area contributed by atoms with Crippen molar-refractivity contribution in [3.05, 3.63) is 40.0 Å². The second kappa shape index (κ2) is 5.92. The van der Waals surface area contributed by atoms with Crippen molar-refractivity contribution in [1.29, 1.82) is 0 Å². The minimum absolute atomic E-state index is 0.127. The summed E-state index contributed by atoms with van der Waals surface area (Å²) in [5, 5.41) is 0.527. The van der Waals surface area contributed by atoms with Crippen LogP contribution in [0.15, 0.2) is 24.3 Å². The summed E-state index contributed by atoms with van der Waals surface area (Å²) in [5.41, 5.74) is 0.734. The lowest BCUT2D eigenvalue weighted by Gasteiger charge is -2.11. The van der Waals surface area contributed by atoms with Gasteiger partial charge in [-0.1, -0.05) is 23.2 Å². The molecule has 0 radical (unpaired) electrons. The number of benzene rings is 1. The lowest BCUT2D eigenvalue weighted by Crippen LogP contribution is -2.15. The molecular formula is C11H7Cl2F3N4O. The quantitative estimate of drug-likeness (QED) is 0.656. The van der Waals surface area contributed by atoms with E-state index in [9.17, 15) is 13.2 Å². The molecule has 0 atom stereocenters. The number of nitrogen functional groups attached to an aromatic ring is 1. The van der Waals surface area contributed by atoms with Crippen LogP contribution >= 0.6 is 23.2 Å². The highest BCUT2D eigenvalue weighted by atomic mass is 35.5. The van der Waals surface area contributed by atoms with Crippen molar-refractivity contribution in [1.82, 2.24) is 9.97 Å². The van der Waals surface area contributed by atoms with E-state index in [2.05, 4.69) is 9.97 Å². The summed E-state index contributed by atoms with van der Waals surface area (Å²) >= 11 is 11.5. The van der Waals surface area contributed by atoms with Gasteiger partial charge < -0.3 is 4.74 Å². The summed E-state index contributed by atoms with van der Waals surface area (Å²) in [6.45, 7) is 0. The molecule has 5 nitrogen and oxygen atoms in total. The number of nitrogens with zero attached hydrogens (tertiary/aromatic N) is 2. The first-order valence-corrected chi connectivity index (χ1v) is 6.10. The molecule has 0 unspecified atom stereocenters. The maximum absolute atomic E-state index is 12.7. The van der Waals surface area contributed by atoms with Crippen molar-refractivity contribution in [3.8, 4) is 11.6 Å². The van der Waals surface area contributed by atoms with Crippen molar-refractivity contribution in [3.63, 3.8) is 0 Å². The summed E-state index contributed by atoms with van der Waals surface area (Å²) in [7, 11) is 0. The Kier molecular flexibility index (Phi) is 4.40. The fraction of sp³-hybridized carbons (Fsp3) is 0.0909. The third kappa shape index (κ3) is 4.10. The number of ether oxygens (including phenoxy) is 1. The van der Waals surface area contributed by atoms with Gasteiger partial charge >= 0.3 is 6.18 Å². The molecule has 2 rings (SSSR count). The lowest BCUT2D eigenvalue weighted by molar-refractivity contribution is -0.141. The first-order chi connectivity index (χ1) is 9.77. The van der Waals surface area contributed by atoms with Gasteiger partial charge in [0.25, 0.3) is 0 Å². The molecule has 0 aliphatic rings. The number of anilines is 1. The van der Waals surface area contributed by atoms with E-state index in [4.69, 9.17) is 33.8 Å². The topological polar surface area (TPSA) is 73.1 Å². The maximum Gasteiger partial charge on any atom is 0.433 e. The predicted molar refractivity (Wildman–Crippen MR) is 71.4 cm³/mol. The van der Waals surface area contributed by atoms with Crippen molar-refractivity contribution >= 4 is 29.2 Å². The van der Waals surface area contributed by atoms with Crippen LogP contribution in [0.2, 0.25) is 10.0 Å². The Hall–Kier alpha value is -1.77. The highest BCUT2D eigenvalue weighted by molar-refractivity contribution is 6.34. The average Bonchev–Trinajstić information content (AvgIpc) is 2.36. The number of nitrogens with one attached hydrogen (secondary N) is 1. The van der Waals surface area contributed by atoms with Gasteiger partial charge in [0.15, 0.2) is 5.69 Å². The van der Waals surface area contributed by atoms with Gasteiger partial charge in [0.2, 0.25) is 11.8 Å². The van der Waals surface area contributed by atoms with Crippen LogP contribution in [0.25, 0.3) is 0 Å². The van der Waals surface area contributed by atoms with Gasteiger partial charge in [-0.15, -0.1) is 0 Å². The fourth-order valence-corrected chi connectivity index (χ4v) is 1.90. The van der Waals surface area contributed by atoms with Crippen LogP contribution in [0.4, 0.5) is 19.1 Å². The molecule has 0 aliphatic carbocycles. The van der Waals surface area contributed by atoms with E-state index in [1.807, 2.05) is 5.43 Å². The third-order valence-corrected chi connectivity index (χ3v) is 2.62. The molecule has 1 heterocycles. The summed E-state index contributed by atoms with van der Waals surface area (Å²) in [6.07, 6.45) is -4.67. The van der Waals surface area contributed by atoms with Crippen molar-refractivity contribution in [2.24, 2.45) is 5.84 Å². The molecule has 0 spiro atoms. The molecule has 1 aromatic heterocycles. The minimum Gasteiger partial charge on any atom is -0.439 e. The van der Waals surface area contributed by atoms with Gasteiger partial charge in [-0.05, 0) is 18.2 Å². The first kappa shape index (κ1) is 15.6. The number of rotatable bonds is 3. The predicted octanol–water partition coefficient (Wildman–Crippen LogP) is 3.88. The molecule has 0 bridgehead atoms. The van der Waals surface area contributed by atoms with Crippen LogP contribution in [0, 0.1) is 0 Å². The van der Waals surface area contributed by atoms with E-state index in [0.29, 0.717) is 6.07 Å². The van der Waals surface area contributed by atoms with E-state index in [1.165, 1.54) is 18.2 Å². The Morgan fingerprint density at radius 1 is 1.05 bits per heavy atom. The molecule has 0 fully saturated rings.